The molecule has 0 atom stereocenters. The Bertz CT molecular complexity index is 1190. The summed E-state index contributed by atoms with van der Waals surface area (Å²) < 4.78 is 5.87. The number of aromatic nitrogens is 1. The Hall–Kier alpha value is -3.79. The number of fused-ring (bicyclic) bond motifs is 1. The van der Waals surface area contributed by atoms with Gasteiger partial charge in [-0.3, -0.25) is 4.98 Å². The molecule has 1 aliphatic heterocycles. The van der Waals surface area contributed by atoms with Crippen LogP contribution in [0, 0.1) is 11.3 Å². The van der Waals surface area contributed by atoms with E-state index in [9.17, 15) is 4.79 Å². The molecule has 0 saturated carbocycles. The van der Waals surface area contributed by atoms with Gasteiger partial charge in [-0.1, -0.05) is 24.3 Å². The molecule has 0 unspecified atom stereocenters. The number of carbonyl (C=O) groups excluding carboxylic acids is 1. The number of urea groups is 1. The predicted molar refractivity (Wildman–Crippen MR) is 131 cm³/mol. The summed E-state index contributed by atoms with van der Waals surface area (Å²) in [7, 11) is 3.53. The van der Waals surface area contributed by atoms with E-state index in [0.717, 1.165) is 46.6 Å². The normalized spacial score (nSPS) is 13.8. The van der Waals surface area contributed by atoms with Gasteiger partial charge in [0, 0.05) is 50.2 Å². The molecule has 1 aromatic heterocycles. The number of anilines is 1. The van der Waals surface area contributed by atoms with Gasteiger partial charge in [-0.2, -0.15) is 5.26 Å². The van der Waals surface area contributed by atoms with Gasteiger partial charge in [-0.25, -0.2) is 4.79 Å². The molecule has 0 radical (unpaired) electrons. The first-order chi connectivity index (χ1) is 15.9. The van der Waals surface area contributed by atoms with Crippen LogP contribution < -0.4 is 9.64 Å². The summed E-state index contributed by atoms with van der Waals surface area (Å²) in [6.07, 6.45) is 1.87. The van der Waals surface area contributed by atoms with Crippen molar-refractivity contribution in [2.24, 2.45) is 0 Å². The maximum absolute atomic E-state index is 12.7. The molecule has 1 aliphatic rings. The summed E-state index contributed by atoms with van der Waals surface area (Å²) in [5.41, 5.74) is 4.42. The van der Waals surface area contributed by atoms with Gasteiger partial charge in [-0.05, 0) is 37.6 Å². The number of nitrogens with zero attached hydrogens (tertiary/aromatic N) is 5. The SMILES string of the molecule is COc1c(N2CCN(C(=O)N(C)C(C)C)CC2)cnc2c(-c3ccc(C#N)cc3)cccc12. The molecule has 0 spiro atoms. The molecule has 170 valence electrons. The molecule has 1 saturated heterocycles. The molecular weight excluding hydrogens is 414 g/mol. The Labute approximate surface area is 194 Å². The number of carbonyl (C=O) groups is 1. The fraction of sp³-hybridized carbons (Fsp3) is 0.346. The van der Waals surface area contributed by atoms with Crippen molar-refractivity contribution in [2.75, 3.05) is 45.2 Å². The molecule has 0 bridgehead atoms. The van der Waals surface area contributed by atoms with E-state index in [1.165, 1.54) is 0 Å². The molecular formula is C26H29N5O2. The minimum atomic E-state index is 0.0697. The Kier molecular flexibility index (Phi) is 6.36. The van der Waals surface area contributed by atoms with E-state index in [4.69, 9.17) is 15.0 Å². The fourth-order valence-corrected chi connectivity index (χ4v) is 4.17. The van der Waals surface area contributed by atoms with Gasteiger partial charge in [0.1, 0.15) is 0 Å². The van der Waals surface area contributed by atoms with Crippen molar-refractivity contribution in [1.29, 1.82) is 5.26 Å². The van der Waals surface area contributed by atoms with Crippen molar-refractivity contribution in [3.05, 3.63) is 54.2 Å². The van der Waals surface area contributed by atoms with E-state index in [1.54, 1.807) is 12.0 Å². The molecule has 3 aromatic rings. The van der Waals surface area contributed by atoms with E-state index < -0.39 is 0 Å². The fourth-order valence-electron chi connectivity index (χ4n) is 4.17. The first-order valence-electron chi connectivity index (χ1n) is 11.2. The average molecular weight is 444 g/mol. The highest BCUT2D eigenvalue weighted by Gasteiger charge is 2.27. The van der Waals surface area contributed by atoms with Gasteiger partial charge < -0.3 is 19.4 Å². The lowest BCUT2D eigenvalue weighted by Crippen LogP contribution is -2.53. The lowest BCUT2D eigenvalue weighted by molar-refractivity contribution is 0.149. The second-order valence-corrected chi connectivity index (χ2v) is 8.53. The molecule has 0 N–H and O–H groups in total. The van der Waals surface area contributed by atoms with Crippen LogP contribution in [0.15, 0.2) is 48.7 Å². The maximum Gasteiger partial charge on any atom is 0.320 e. The van der Waals surface area contributed by atoms with E-state index in [-0.39, 0.29) is 12.1 Å². The van der Waals surface area contributed by atoms with E-state index in [2.05, 4.69) is 11.0 Å². The smallest absolute Gasteiger partial charge is 0.320 e. The molecule has 2 aromatic carbocycles. The lowest BCUT2D eigenvalue weighted by atomic mass is 10.00. The zero-order chi connectivity index (χ0) is 23.5. The number of amides is 2. The Balaban J connectivity index is 1.62. The van der Waals surface area contributed by atoms with Gasteiger partial charge in [0.2, 0.25) is 0 Å². The number of ether oxygens (including phenoxy) is 1. The summed E-state index contributed by atoms with van der Waals surface area (Å²) in [5, 5.41) is 10.0. The first kappa shape index (κ1) is 22.4. The summed E-state index contributed by atoms with van der Waals surface area (Å²) >= 11 is 0. The molecule has 1 fully saturated rings. The Morgan fingerprint density at radius 3 is 2.42 bits per heavy atom. The zero-order valence-corrected chi connectivity index (χ0v) is 19.6. The minimum absolute atomic E-state index is 0.0697. The van der Waals surface area contributed by atoms with Gasteiger partial charge in [0.05, 0.1) is 36.1 Å². The average Bonchev–Trinajstić information content (AvgIpc) is 2.86. The van der Waals surface area contributed by atoms with Gasteiger partial charge >= 0.3 is 6.03 Å². The Morgan fingerprint density at radius 1 is 1.12 bits per heavy atom. The van der Waals surface area contributed by atoms with Crippen LogP contribution in [0.25, 0.3) is 22.0 Å². The number of nitriles is 1. The number of piperazine rings is 1. The van der Waals surface area contributed by atoms with Crippen molar-refractivity contribution in [1.82, 2.24) is 14.8 Å². The quantitative estimate of drug-likeness (QED) is 0.599. The van der Waals surface area contributed by atoms with Gasteiger partial charge in [0.15, 0.2) is 5.75 Å². The van der Waals surface area contributed by atoms with Gasteiger partial charge in [0.25, 0.3) is 0 Å². The molecule has 2 amide bonds. The largest absolute Gasteiger partial charge is 0.494 e. The standard InChI is InChI=1S/C26H29N5O2/c1-18(2)29(3)26(32)31-14-12-30(13-15-31)23-17-28-24-21(6-5-7-22(24)25(23)33-4)20-10-8-19(16-27)9-11-20/h5-11,17-18H,12-15H2,1-4H3. The number of hydrogen-bond acceptors (Lipinski definition) is 5. The van der Waals surface area contributed by atoms with Crippen molar-refractivity contribution >= 4 is 22.6 Å². The number of hydrogen-bond donors (Lipinski definition) is 0. The molecule has 7 nitrogen and oxygen atoms in total. The summed E-state index contributed by atoms with van der Waals surface area (Å²) in [6, 6.07) is 16.0. The van der Waals surface area contributed by atoms with Crippen LogP contribution in [0.1, 0.15) is 19.4 Å². The highest BCUT2D eigenvalue weighted by molar-refractivity contribution is 5.99. The topological polar surface area (TPSA) is 72.7 Å². The molecule has 33 heavy (non-hydrogen) atoms. The molecule has 0 aliphatic carbocycles. The predicted octanol–water partition coefficient (Wildman–Crippen LogP) is 4.36. The summed E-state index contributed by atoms with van der Waals surface area (Å²) in [6.45, 7) is 6.79. The van der Waals surface area contributed by atoms with Gasteiger partial charge in [-0.15, -0.1) is 0 Å². The zero-order valence-electron chi connectivity index (χ0n) is 19.6. The maximum atomic E-state index is 12.7. The first-order valence-corrected chi connectivity index (χ1v) is 11.2. The lowest BCUT2D eigenvalue weighted by Gasteiger charge is -2.38. The van der Waals surface area contributed by atoms with E-state index >= 15 is 0 Å². The third-order valence-corrected chi connectivity index (χ3v) is 6.33. The number of rotatable bonds is 4. The van der Waals surface area contributed by atoms with Crippen molar-refractivity contribution in [2.45, 2.75) is 19.9 Å². The highest BCUT2D eigenvalue weighted by Crippen LogP contribution is 2.38. The van der Waals surface area contributed by atoms with Crippen molar-refractivity contribution < 1.29 is 9.53 Å². The van der Waals surface area contributed by atoms with Crippen LogP contribution in [0.5, 0.6) is 5.75 Å². The molecule has 2 heterocycles. The van der Waals surface area contributed by atoms with Crippen LogP contribution in [-0.2, 0) is 0 Å². The van der Waals surface area contributed by atoms with Crippen LogP contribution in [-0.4, -0.2) is 67.2 Å². The highest BCUT2D eigenvalue weighted by atomic mass is 16.5. The molecule has 4 rings (SSSR count). The Morgan fingerprint density at radius 2 is 1.82 bits per heavy atom. The third kappa shape index (κ3) is 4.29. The summed E-state index contributed by atoms with van der Waals surface area (Å²) in [5.74, 6) is 0.787. The third-order valence-electron chi connectivity index (χ3n) is 6.33. The monoisotopic (exact) mass is 443 g/mol. The van der Waals surface area contributed by atoms with Crippen LogP contribution in [0.4, 0.5) is 10.5 Å². The molecule has 7 heteroatoms. The van der Waals surface area contributed by atoms with Crippen molar-refractivity contribution in [3.63, 3.8) is 0 Å². The van der Waals surface area contributed by atoms with Crippen molar-refractivity contribution in [3.8, 4) is 22.9 Å². The number of pyridine rings is 1. The minimum Gasteiger partial charge on any atom is -0.494 e. The van der Waals surface area contributed by atoms with Crippen LogP contribution in [0.3, 0.4) is 0 Å². The number of para-hydroxylation sites is 1. The second kappa shape index (κ2) is 9.37. The van der Waals surface area contributed by atoms with E-state index in [1.807, 2.05) is 74.5 Å². The van der Waals surface area contributed by atoms with Crippen LogP contribution in [0.2, 0.25) is 0 Å². The number of methoxy groups -OCH3 is 1. The van der Waals surface area contributed by atoms with Crippen LogP contribution >= 0.6 is 0 Å². The summed E-state index contributed by atoms with van der Waals surface area (Å²) in [4.78, 5) is 23.4. The second-order valence-electron chi connectivity index (χ2n) is 8.53. The van der Waals surface area contributed by atoms with E-state index in [0.29, 0.717) is 18.7 Å². The number of benzene rings is 2.